The van der Waals surface area contributed by atoms with Crippen molar-refractivity contribution in [3.8, 4) is 11.1 Å². The lowest BCUT2D eigenvalue weighted by Gasteiger charge is -2.26. The van der Waals surface area contributed by atoms with Crippen molar-refractivity contribution in [3.63, 3.8) is 0 Å². The Bertz CT molecular complexity index is 935. The molecule has 3 aromatic rings. The molecule has 0 radical (unpaired) electrons. The molecule has 0 bridgehead atoms. The molecule has 0 fully saturated rings. The van der Waals surface area contributed by atoms with Crippen LogP contribution in [0.25, 0.3) is 11.1 Å². The molecule has 1 unspecified atom stereocenters. The van der Waals surface area contributed by atoms with Crippen molar-refractivity contribution in [3.05, 3.63) is 77.9 Å². The molecule has 0 aliphatic heterocycles. The molecule has 1 atom stereocenters. The fraction of sp³-hybridized carbons (Fsp3) is 0.333. The Kier molecular flexibility index (Phi) is 7.17. The van der Waals surface area contributed by atoms with E-state index in [1.807, 2.05) is 13.0 Å². The van der Waals surface area contributed by atoms with Crippen LogP contribution in [0.5, 0.6) is 0 Å². The highest BCUT2D eigenvalue weighted by molar-refractivity contribution is 5.80. The number of hydrogen-bond donors (Lipinski definition) is 2. The number of hydrogen-bond acceptors (Lipinski definition) is 3. The summed E-state index contributed by atoms with van der Waals surface area (Å²) in [5.74, 6) is 0.314. The van der Waals surface area contributed by atoms with Gasteiger partial charge >= 0.3 is 0 Å². The van der Waals surface area contributed by atoms with Gasteiger partial charge in [0, 0.05) is 24.8 Å². The van der Waals surface area contributed by atoms with Crippen molar-refractivity contribution >= 4 is 17.1 Å². The fourth-order valence-electron chi connectivity index (χ4n) is 3.92. The lowest BCUT2D eigenvalue weighted by atomic mass is 9.90. The first-order valence-electron chi connectivity index (χ1n) is 10.9. The normalized spacial score (nSPS) is 12.1. The van der Waals surface area contributed by atoms with E-state index in [1.165, 1.54) is 5.56 Å². The van der Waals surface area contributed by atoms with Gasteiger partial charge < -0.3 is 15.3 Å². The molecule has 0 amide bonds. The molecule has 0 saturated heterocycles. The maximum atomic E-state index is 10.7. The molecular weight excluding hydrogens is 368 g/mol. The summed E-state index contributed by atoms with van der Waals surface area (Å²) in [7, 11) is 2.13. The highest BCUT2D eigenvalue weighted by Crippen LogP contribution is 2.39. The largest absolute Gasteiger partial charge is 0.389 e. The summed E-state index contributed by atoms with van der Waals surface area (Å²) in [6, 6.07) is 23.1. The van der Waals surface area contributed by atoms with Crippen LogP contribution >= 0.6 is 0 Å². The van der Waals surface area contributed by atoms with E-state index in [9.17, 15) is 5.11 Å². The molecule has 0 saturated carbocycles. The van der Waals surface area contributed by atoms with Crippen LogP contribution in [0.3, 0.4) is 0 Å². The van der Waals surface area contributed by atoms with Gasteiger partial charge in [-0.2, -0.15) is 0 Å². The Balaban J connectivity index is 2.13. The highest BCUT2D eigenvalue weighted by atomic mass is 16.3. The minimum atomic E-state index is -0.575. The van der Waals surface area contributed by atoms with Crippen LogP contribution in [0.2, 0.25) is 0 Å². The molecule has 2 N–H and O–H groups in total. The van der Waals surface area contributed by atoms with Crippen molar-refractivity contribution in [1.29, 1.82) is 0 Å². The van der Waals surface area contributed by atoms with E-state index in [0.29, 0.717) is 5.92 Å². The first-order valence-corrected chi connectivity index (χ1v) is 10.9. The van der Waals surface area contributed by atoms with Crippen molar-refractivity contribution < 1.29 is 5.11 Å². The zero-order chi connectivity index (χ0) is 21.7. The quantitative estimate of drug-likeness (QED) is 0.421. The monoisotopic (exact) mass is 402 g/mol. The zero-order valence-electron chi connectivity index (χ0n) is 18.8. The van der Waals surface area contributed by atoms with Crippen LogP contribution in [0.1, 0.15) is 57.3 Å². The number of nitrogens with zero attached hydrogens (tertiary/aromatic N) is 1. The van der Waals surface area contributed by atoms with Gasteiger partial charge in [-0.15, -0.1) is 0 Å². The molecule has 0 aromatic heterocycles. The Labute approximate surface area is 181 Å². The predicted octanol–water partition coefficient (Wildman–Crippen LogP) is 7.12. The van der Waals surface area contributed by atoms with Gasteiger partial charge in [0.05, 0.1) is 17.5 Å². The highest BCUT2D eigenvalue weighted by Gasteiger charge is 2.19. The summed E-state index contributed by atoms with van der Waals surface area (Å²) in [4.78, 5) is 2.28. The average molecular weight is 403 g/mol. The Morgan fingerprint density at radius 2 is 1.50 bits per heavy atom. The van der Waals surface area contributed by atoms with E-state index < -0.39 is 6.10 Å². The average Bonchev–Trinajstić information content (AvgIpc) is 2.74. The standard InChI is InChI=1S/C27H34N2O/c1-6-16-29(5)26-15-11-10-14-25(26)28-27-23(19(2)3)17-22(18-24(27)20(4)30)21-12-8-7-9-13-21/h7-15,17-20,28,30H,6,16H2,1-5H3. The molecule has 3 nitrogen and oxygen atoms in total. The smallest absolute Gasteiger partial charge is 0.0782 e. The molecule has 0 aliphatic rings. The predicted molar refractivity (Wildman–Crippen MR) is 130 cm³/mol. The van der Waals surface area contributed by atoms with Gasteiger partial charge in [-0.25, -0.2) is 0 Å². The second-order valence-corrected chi connectivity index (χ2v) is 8.29. The summed E-state index contributed by atoms with van der Waals surface area (Å²) in [5.41, 5.74) is 7.67. The molecule has 0 spiro atoms. The van der Waals surface area contributed by atoms with Gasteiger partial charge in [-0.3, -0.25) is 0 Å². The second-order valence-electron chi connectivity index (χ2n) is 8.29. The number of aliphatic hydroxyl groups is 1. The molecule has 0 aliphatic carbocycles. The summed E-state index contributed by atoms with van der Waals surface area (Å²) in [6.07, 6.45) is 0.515. The van der Waals surface area contributed by atoms with Gasteiger partial charge in [0.1, 0.15) is 0 Å². The number of rotatable bonds is 8. The molecule has 3 aromatic carbocycles. The van der Waals surface area contributed by atoms with E-state index in [0.717, 1.165) is 46.7 Å². The van der Waals surface area contributed by atoms with Crippen LogP contribution in [-0.4, -0.2) is 18.7 Å². The van der Waals surface area contributed by atoms with Crippen molar-refractivity contribution in [2.24, 2.45) is 0 Å². The first kappa shape index (κ1) is 21.9. The lowest BCUT2D eigenvalue weighted by Crippen LogP contribution is -2.19. The number of anilines is 3. The lowest BCUT2D eigenvalue weighted by molar-refractivity contribution is 0.200. The summed E-state index contributed by atoms with van der Waals surface area (Å²) in [6.45, 7) is 9.43. The molecule has 0 heterocycles. The fourth-order valence-corrected chi connectivity index (χ4v) is 3.92. The molecule has 3 heteroatoms. The van der Waals surface area contributed by atoms with E-state index >= 15 is 0 Å². The number of benzene rings is 3. The third-order valence-corrected chi connectivity index (χ3v) is 5.51. The number of aliphatic hydroxyl groups excluding tert-OH is 1. The zero-order valence-corrected chi connectivity index (χ0v) is 18.8. The van der Waals surface area contributed by atoms with E-state index in [1.54, 1.807) is 0 Å². The van der Waals surface area contributed by atoms with E-state index in [2.05, 4.69) is 98.7 Å². The summed E-state index contributed by atoms with van der Waals surface area (Å²) >= 11 is 0. The van der Waals surface area contributed by atoms with Gasteiger partial charge in [0.2, 0.25) is 0 Å². The van der Waals surface area contributed by atoms with Gasteiger partial charge in [0.15, 0.2) is 0 Å². The molecule has 30 heavy (non-hydrogen) atoms. The van der Waals surface area contributed by atoms with Gasteiger partial charge in [-0.05, 0) is 60.2 Å². The molecular formula is C27H34N2O. The Morgan fingerprint density at radius 3 is 2.13 bits per heavy atom. The molecule has 3 rings (SSSR count). The topological polar surface area (TPSA) is 35.5 Å². The molecule has 158 valence electrons. The van der Waals surface area contributed by atoms with Crippen molar-refractivity contribution in [1.82, 2.24) is 0 Å². The maximum Gasteiger partial charge on any atom is 0.0782 e. The van der Waals surface area contributed by atoms with Crippen LogP contribution < -0.4 is 10.2 Å². The third-order valence-electron chi connectivity index (χ3n) is 5.51. The Hall–Kier alpha value is -2.78. The van der Waals surface area contributed by atoms with Crippen molar-refractivity contribution in [2.75, 3.05) is 23.8 Å². The van der Waals surface area contributed by atoms with Gasteiger partial charge in [0.25, 0.3) is 0 Å². The maximum absolute atomic E-state index is 10.7. The SMILES string of the molecule is CCCN(C)c1ccccc1Nc1c(C(C)C)cc(-c2ccccc2)cc1C(C)O. The Morgan fingerprint density at radius 1 is 0.867 bits per heavy atom. The summed E-state index contributed by atoms with van der Waals surface area (Å²) in [5, 5.41) is 14.4. The van der Waals surface area contributed by atoms with Crippen LogP contribution in [0.15, 0.2) is 66.7 Å². The number of nitrogens with one attached hydrogen (secondary N) is 1. The first-order chi connectivity index (χ1) is 14.4. The van der Waals surface area contributed by atoms with Crippen LogP contribution in [0.4, 0.5) is 17.1 Å². The number of para-hydroxylation sites is 2. The van der Waals surface area contributed by atoms with Crippen LogP contribution in [-0.2, 0) is 0 Å². The third kappa shape index (κ3) is 4.85. The van der Waals surface area contributed by atoms with Crippen molar-refractivity contribution in [2.45, 2.75) is 46.1 Å². The summed E-state index contributed by atoms with van der Waals surface area (Å²) < 4.78 is 0. The van der Waals surface area contributed by atoms with Gasteiger partial charge in [-0.1, -0.05) is 63.2 Å². The minimum Gasteiger partial charge on any atom is -0.389 e. The second kappa shape index (κ2) is 9.82. The van der Waals surface area contributed by atoms with E-state index in [-0.39, 0.29) is 0 Å². The minimum absolute atomic E-state index is 0.314. The van der Waals surface area contributed by atoms with Crippen LogP contribution in [0, 0.1) is 0 Å². The van der Waals surface area contributed by atoms with E-state index in [4.69, 9.17) is 0 Å².